The van der Waals surface area contributed by atoms with Crippen molar-refractivity contribution >= 4 is 41.2 Å². The van der Waals surface area contributed by atoms with Gasteiger partial charge in [0.2, 0.25) is 0 Å². The summed E-state index contributed by atoms with van der Waals surface area (Å²) in [6.45, 7) is 4.04. The third kappa shape index (κ3) is 4.95. The van der Waals surface area contributed by atoms with E-state index in [1.165, 1.54) is 31.4 Å². The van der Waals surface area contributed by atoms with Crippen molar-refractivity contribution in [2.75, 3.05) is 12.0 Å². The lowest BCUT2D eigenvalue weighted by Crippen LogP contribution is -2.54. The van der Waals surface area contributed by atoms with E-state index in [1.54, 1.807) is 12.1 Å². The fraction of sp³-hybridized carbons (Fsp3) is 0.148. The van der Waals surface area contributed by atoms with Gasteiger partial charge in [-0.3, -0.25) is 14.9 Å². The average molecular weight is 493 g/mol. The van der Waals surface area contributed by atoms with Gasteiger partial charge in [0.25, 0.3) is 11.8 Å². The first kappa shape index (κ1) is 24.2. The Morgan fingerprint density at radius 1 is 1.03 bits per heavy atom. The number of rotatable bonds is 5. The third-order valence-corrected chi connectivity index (χ3v) is 5.90. The number of anilines is 1. The van der Waals surface area contributed by atoms with Gasteiger partial charge in [-0.25, -0.2) is 14.1 Å². The smallest absolute Gasteiger partial charge is 0.336 e. The summed E-state index contributed by atoms with van der Waals surface area (Å²) >= 11 is 6.59. The third-order valence-electron chi connectivity index (χ3n) is 5.57. The molecule has 0 aromatic heterocycles. The molecule has 4 rings (SSSR count). The maximum absolute atomic E-state index is 14.3. The van der Waals surface area contributed by atoms with Crippen LogP contribution < -0.4 is 15.0 Å². The Hall–Kier alpha value is -3.97. The predicted molar refractivity (Wildman–Crippen MR) is 132 cm³/mol. The van der Waals surface area contributed by atoms with E-state index in [-0.39, 0.29) is 11.3 Å². The van der Waals surface area contributed by atoms with Crippen molar-refractivity contribution < 1.29 is 23.5 Å². The molecule has 1 fully saturated rings. The summed E-state index contributed by atoms with van der Waals surface area (Å²) in [6, 6.07) is 13.8. The van der Waals surface area contributed by atoms with Gasteiger partial charge in [-0.1, -0.05) is 53.1 Å². The van der Waals surface area contributed by atoms with Gasteiger partial charge in [-0.15, -0.1) is 0 Å². The van der Waals surface area contributed by atoms with Crippen LogP contribution in [0.4, 0.5) is 14.9 Å². The number of carbonyl (C=O) groups excluding carboxylic acids is 3. The molecule has 1 aliphatic heterocycles. The van der Waals surface area contributed by atoms with Gasteiger partial charge in [0.1, 0.15) is 17.1 Å². The highest BCUT2D eigenvalue weighted by Gasteiger charge is 2.38. The topological polar surface area (TPSA) is 75.7 Å². The molecular weight excluding hydrogens is 471 g/mol. The second-order valence-electron chi connectivity index (χ2n) is 8.27. The number of barbiturate groups is 1. The Morgan fingerprint density at radius 2 is 1.71 bits per heavy atom. The highest BCUT2D eigenvalue weighted by Crippen LogP contribution is 2.33. The fourth-order valence-electron chi connectivity index (χ4n) is 4.12. The number of aryl methyl sites for hydroxylation is 2. The molecule has 3 aromatic carbocycles. The maximum Gasteiger partial charge on any atom is 0.336 e. The van der Waals surface area contributed by atoms with Gasteiger partial charge in [0.05, 0.1) is 12.8 Å². The van der Waals surface area contributed by atoms with Crippen LogP contribution in [-0.2, 0) is 16.0 Å². The van der Waals surface area contributed by atoms with Gasteiger partial charge in [-0.05, 0) is 55.3 Å². The standard InChI is InChI=1S/C27H22ClFN2O4/c1-15-8-16(2)10-17(9-15)11-19-21(28)13-18(14-24(19)35-3)12-20-25(32)30-27(34)31(26(20)33)23-7-5-4-6-22(23)29/h4-10,12-14H,11H2,1-3H3,(H,30,32,34)/b20-12-. The number of amides is 4. The van der Waals surface area contributed by atoms with Crippen molar-refractivity contribution in [3.05, 3.63) is 98.8 Å². The van der Waals surface area contributed by atoms with E-state index in [9.17, 15) is 18.8 Å². The summed E-state index contributed by atoms with van der Waals surface area (Å²) in [5.74, 6) is -2.13. The summed E-state index contributed by atoms with van der Waals surface area (Å²) in [4.78, 5) is 38.5. The van der Waals surface area contributed by atoms with Crippen LogP contribution in [-0.4, -0.2) is 25.0 Å². The molecule has 1 heterocycles. The number of urea groups is 1. The number of methoxy groups -OCH3 is 1. The first-order valence-electron chi connectivity index (χ1n) is 10.8. The van der Waals surface area contributed by atoms with Crippen molar-refractivity contribution in [3.63, 3.8) is 0 Å². The fourth-order valence-corrected chi connectivity index (χ4v) is 4.41. The largest absolute Gasteiger partial charge is 0.496 e. The number of halogens is 2. The number of ether oxygens (including phenoxy) is 1. The van der Waals surface area contributed by atoms with E-state index in [0.29, 0.717) is 27.7 Å². The molecule has 0 aliphatic carbocycles. The molecule has 0 spiro atoms. The molecule has 0 atom stereocenters. The molecule has 1 aliphatic rings. The SMILES string of the molecule is COc1cc(/C=C2/C(=O)NC(=O)N(c3ccccc3F)C2=O)cc(Cl)c1Cc1cc(C)cc(C)c1. The minimum atomic E-state index is -1.03. The van der Waals surface area contributed by atoms with E-state index in [2.05, 4.69) is 23.5 Å². The zero-order valence-corrected chi connectivity index (χ0v) is 20.1. The van der Waals surface area contributed by atoms with E-state index in [1.807, 2.05) is 13.8 Å². The van der Waals surface area contributed by atoms with Crippen LogP contribution in [0.5, 0.6) is 5.75 Å². The average Bonchev–Trinajstić information content (AvgIpc) is 2.78. The van der Waals surface area contributed by atoms with Crippen molar-refractivity contribution in [3.8, 4) is 5.75 Å². The van der Waals surface area contributed by atoms with Crippen molar-refractivity contribution in [2.45, 2.75) is 20.3 Å². The van der Waals surface area contributed by atoms with E-state index in [4.69, 9.17) is 16.3 Å². The Labute approximate surface area is 207 Å². The summed E-state index contributed by atoms with van der Waals surface area (Å²) < 4.78 is 19.8. The van der Waals surface area contributed by atoms with E-state index < -0.39 is 23.7 Å². The van der Waals surface area contributed by atoms with Gasteiger partial charge < -0.3 is 4.74 Å². The van der Waals surface area contributed by atoms with Gasteiger partial charge >= 0.3 is 6.03 Å². The highest BCUT2D eigenvalue weighted by atomic mass is 35.5. The normalized spacial score (nSPS) is 14.9. The molecule has 0 bridgehead atoms. The predicted octanol–water partition coefficient (Wildman–Crippen LogP) is 5.36. The number of nitrogens with zero attached hydrogens (tertiary/aromatic N) is 1. The Kier molecular flexibility index (Phi) is 6.71. The molecule has 8 heteroatoms. The van der Waals surface area contributed by atoms with Crippen LogP contribution in [0.15, 0.2) is 60.2 Å². The van der Waals surface area contributed by atoms with Gasteiger partial charge in [0.15, 0.2) is 0 Å². The number of hydrogen-bond acceptors (Lipinski definition) is 4. The Bertz CT molecular complexity index is 1380. The first-order valence-corrected chi connectivity index (χ1v) is 11.2. The van der Waals surface area contributed by atoms with Crippen LogP contribution in [0, 0.1) is 19.7 Å². The van der Waals surface area contributed by atoms with Crippen LogP contribution in [0.3, 0.4) is 0 Å². The summed E-state index contributed by atoms with van der Waals surface area (Å²) in [6.07, 6.45) is 1.82. The Morgan fingerprint density at radius 3 is 2.37 bits per heavy atom. The quantitative estimate of drug-likeness (QED) is 0.384. The molecule has 1 saturated heterocycles. The molecule has 35 heavy (non-hydrogen) atoms. The first-order chi connectivity index (χ1) is 16.7. The summed E-state index contributed by atoms with van der Waals surface area (Å²) in [5, 5.41) is 2.47. The minimum Gasteiger partial charge on any atom is -0.496 e. The molecule has 3 aromatic rings. The summed E-state index contributed by atoms with van der Waals surface area (Å²) in [5.41, 5.74) is 3.90. The van der Waals surface area contributed by atoms with Crippen molar-refractivity contribution in [1.82, 2.24) is 5.32 Å². The number of para-hydroxylation sites is 1. The van der Waals surface area contributed by atoms with Crippen LogP contribution in [0.1, 0.15) is 27.8 Å². The molecule has 0 unspecified atom stereocenters. The number of imide groups is 2. The number of nitrogens with one attached hydrogen (secondary N) is 1. The number of benzene rings is 3. The maximum atomic E-state index is 14.3. The molecule has 6 nitrogen and oxygen atoms in total. The van der Waals surface area contributed by atoms with Crippen LogP contribution in [0.25, 0.3) is 6.08 Å². The van der Waals surface area contributed by atoms with Crippen molar-refractivity contribution in [1.29, 1.82) is 0 Å². The second-order valence-corrected chi connectivity index (χ2v) is 8.67. The monoisotopic (exact) mass is 492 g/mol. The summed E-state index contributed by atoms with van der Waals surface area (Å²) in [7, 11) is 1.50. The lowest BCUT2D eigenvalue weighted by atomic mass is 9.98. The molecule has 178 valence electrons. The van der Waals surface area contributed by atoms with Gasteiger partial charge in [-0.2, -0.15) is 0 Å². The molecule has 4 amide bonds. The second kappa shape index (κ2) is 9.72. The molecule has 0 radical (unpaired) electrons. The highest BCUT2D eigenvalue weighted by molar-refractivity contribution is 6.39. The lowest BCUT2D eigenvalue weighted by Gasteiger charge is -2.26. The van der Waals surface area contributed by atoms with Crippen molar-refractivity contribution in [2.24, 2.45) is 0 Å². The van der Waals surface area contributed by atoms with Gasteiger partial charge in [0, 0.05) is 17.0 Å². The zero-order valence-electron chi connectivity index (χ0n) is 19.3. The van der Waals surface area contributed by atoms with E-state index >= 15 is 0 Å². The number of hydrogen-bond donors (Lipinski definition) is 1. The number of carbonyl (C=O) groups is 3. The van der Waals surface area contributed by atoms with E-state index in [0.717, 1.165) is 28.3 Å². The zero-order chi connectivity index (χ0) is 25.3. The molecular formula is C27H22ClFN2O4. The van der Waals surface area contributed by atoms with Crippen LogP contribution >= 0.6 is 11.6 Å². The van der Waals surface area contributed by atoms with Crippen LogP contribution in [0.2, 0.25) is 5.02 Å². The Balaban J connectivity index is 1.72. The molecule has 1 N–H and O–H groups in total. The minimum absolute atomic E-state index is 0.257. The molecule has 0 saturated carbocycles. The lowest BCUT2D eigenvalue weighted by molar-refractivity contribution is -0.122.